The molecule has 1 aromatic carbocycles. The fourth-order valence-electron chi connectivity index (χ4n) is 2.65. The number of aliphatic carboxylic acids is 1. The van der Waals surface area contributed by atoms with E-state index in [0.717, 1.165) is 5.56 Å². The molecule has 0 heterocycles. The van der Waals surface area contributed by atoms with Crippen LogP contribution in [0.1, 0.15) is 24.8 Å². The number of alkyl carbamates (subject to hydrolysis) is 1. The van der Waals surface area contributed by atoms with Crippen molar-refractivity contribution in [3.63, 3.8) is 0 Å². The molecule has 3 atom stereocenters. The highest BCUT2D eigenvalue weighted by Gasteiger charge is 2.34. The number of azide groups is 1. The van der Waals surface area contributed by atoms with Crippen LogP contribution in [0.3, 0.4) is 0 Å². The van der Waals surface area contributed by atoms with Crippen LogP contribution in [-0.2, 0) is 16.1 Å². The van der Waals surface area contributed by atoms with Gasteiger partial charge in [0.15, 0.2) is 0 Å². The van der Waals surface area contributed by atoms with Crippen LogP contribution in [0.15, 0.2) is 35.4 Å². The van der Waals surface area contributed by atoms with Crippen molar-refractivity contribution in [3.8, 4) is 0 Å². The summed E-state index contributed by atoms with van der Waals surface area (Å²) in [5, 5.41) is 15.4. The van der Waals surface area contributed by atoms with E-state index in [1.54, 1.807) is 0 Å². The van der Waals surface area contributed by atoms with Gasteiger partial charge in [0.2, 0.25) is 0 Å². The van der Waals surface area contributed by atoms with Gasteiger partial charge in [0.1, 0.15) is 6.61 Å². The molecule has 0 bridgehead atoms. The number of benzene rings is 1. The number of nitrogens with one attached hydrogen (secondary N) is 1. The molecule has 23 heavy (non-hydrogen) atoms. The summed E-state index contributed by atoms with van der Waals surface area (Å²) in [6, 6.07) is 8.21. The first-order chi connectivity index (χ1) is 11.1. The molecule has 0 aliphatic heterocycles. The Balaban J connectivity index is 1.92. The van der Waals surface area contributed by atoms with Gasteiger partial charge in [-0.2, -0.15) is 0 Å². The lowest BCUT2D eigenvalue weighted by Crippen LogP contribution is -2.47. The van der Waals surface area contributed by atoms with Crippen LogP contribution in [-0.4, -0.2) is 29.3 Å². The summed E-state index contributed by atoms with van der Waals surface area (Å²) in [4.78, 5) is 25.8. The molecule has 8 nitrogen and oxygen atoms in total. The zero-order valence-electron chi connectivity index (χ0n) is 12.5. The van der Waals surface area contributed by atoms with Crippen LogP contribution < -0.4 is 5.32 Å². The van der Waals surface area contributed by atoms with Crippen molar-refractivity contribution >= 4 is 12.1 Å². The average Bonchev–Trinajstić information content (AvgIpc) is 2.55. The lowest BCUT2D eigenvalue weighted by Gasteiger charge is -2.32. The number of rotatable bonds is 5. The van der Waals surface area contributed by atoms with E-state index in [0.29, 0.717) is 12.8 Å². The minimum atomic E-state index is -0.908. The number of carbonyl (C=O) groups excluding carboxylic acids is 1. The molecule has 8 heteroatoms. The highest BCUT2D eigenvalue weighted by molar-refractivity contribution is 5.71. The van der Waals surface area contributed by atoms with Gasteiger partial charge in [0, 0.05) is 11.0 Å². The topological polar surface area (TPSA) is 124 Å². The Morgan fingerprint density at radius 3 is 2.74 bits per heavy atom. The second-order valence-corrected chi connectivity index (χ2v) is 5.43. The van der Waals surface area contributed by atoms with Crippen molar-refractivity contribution in [1.29, 1.82) is 0 Å². The molecule has 2 N–H and O–H groups in total. The number of carbonyl (C=O) groups is 2. The minimum absolute atomic E-state index is 0.119. The number of nitrogens with zero attached hydrogens (tertiary/aromatic N) is 3. The lowest BCUT2D eigenvalue weighted by molar-refractivity contribution is -0.143. The van der Waals surface area contributed by atoms with Gasteiger partial charge in [-0.1, -0.05) is 35.4 Å². The second-order valence-electron chi connectivity index (χ2n) is 5.43. The summed E-state index contributed by atoms with van der Waals surface area (Å²) in [7, 11) is 0. The van der Waals surface area contributed by atoms with Gasteiger partial charge >= 0.3 is 12.1 Å². The van der Waals surface area contributed by atoms with Crippen molar-refractivity contribution in [2.75, 3.05) is 0 Å². The number of amides is 1. The number of ether oxygens (including phenoxy) is 1. The lowest BCUT2D eigenvalue weighted by atomic mass is 9.83. The quantitative estimate of drug-likeness (QED) is 0.492. The molecular formula is C15H18N4O4. The van der Waals surface area contributed by atoms with E-state index < -0.39 is 30.1 Å². The van der Waals surface area contributed by atoms with Gasteiger partial charge in [0.05, 0.1) is 12.0 Å². The monoisotopic (exact) mass is 318 g/mol. The maximum Gasteiger partial charge on any atom is 0.407 e. The van der Waals surface area contributed by atoms with Crippen molar-refractivity contribution in [2.24, 2.45) is 11.0 Å². The Labute approximate surface area is 133 Å². The van der Waals surface area contributed by atoms with E-state index in [1.165, 1.54) is 0 Å². The van der Waals surface area contributed by atoms with Crippen molar-refractivity contribution in [1.82, 2.24) is 5.32 Å². The SMILES string of the molecule is [N-]=[N+]=NC1CCC(C(=O)O)CC1NC(=O)OCc1ccccc1. The Morgan fingerprint density at radius 2 is 2.09 bits per heavy atom. The number of carboxylic acid groups (broad SMARTS) is 1. The van der Waals surface area contributed by atoms with Crippen LogP contribution >= 0.6 is 0 Å². The van der Waals surface area contributed by atoms with Crippen LogP contribution in [0.2, 0.25) is 0 Å². The Morgan fingerprint density at radius 1 is 1.35 bits per heavy atom. The number of carboxylic acids is 1. The zero-order valence-corrected chi connectivity index (χ0v) is 12.5. The summed E-state index contributed by atoms with van der Waals surface area (Å²) in [6.07, 6.45) is 0.420. The summed E-state index contributed by atoms with van der Waals surface area (Å²) in [5.41, 5.74) is 9.44. The predicted molar refractivity (Wildman–Crippen MR) is 81.5 cm³/mol. The minimum Gasteiger partial charge on any atom is -0.481 e. The highest BCUT2D eigenvalue weighted by Crippen LogP contribution is 2.27. The average molecular weight is 318 g/mol. The van der Waals surface area contributed by atoms with E-state index in [1.807, 2.05) is 30.3 Å². The normalized spacial score (nSPS) is 23.4. The largest absolute Gasteiger partial charge is 0.481 e. The fourth-order valence-corrected chi connectivity index (χ4v) is 2.65. The predicted octanol–water partition coefficient (Wildman–Crippen LogP) is 2.85. The molecule has 1 fully saturated rings. The molecule has 3 unspecified atom stereocenters. The van der Waals surface area contributed by atoms with Gasteiger partial charge in [-0.25, -0.2) is 4.79 Å². The molecule has 1 aliphatic carbocycles. The standard InChI is InChI=1S/C15H18N4O4/c16-19-18-12-7-6-11(14(20)21)8-13(12)17-15(22)23-9-10-4-2-1-3-5-10/h1-5,11-13H,6-9H2,(H,17,22)(H,20,21). The second kappa shape index (κ2) is 8.05. The summed E-state index contributed by atoms with van der Waals surface area (Å²) in [6.45, 7) is 0.119. The van der Waals surface area contributed by atoms with Crippen molar-refractivity contribution < 1.29 is 19.4 Å². The van der Waals surface area contributed by atoms with Gasteiger partial charge in [-0.05, 0) is 30.4 Å². The van der Waals surface area contributed by atoms with Crippen LogP contribution in [0.4, 0.5) is 4.79 Å². The molecule has 0 radical (unpaired) electrons. The molecule has 0 aromatic heterocycles. The summed E-state index contributed by atoms with van der Waals surface area (Å²) >= 11 is 0. The third-order valence-corrected chi connectivity index (χ3v) is 3.88. The van der Waals surface area contributed by atoms with E-state index in [-0.39, 0.29) is 13.0 Å². The molecular weight excluding hydrogens is 300 g/mol. The molecule has 1 amide bonds. The van der Waals surface area contributed by atoms with Gasteiger partial charge < -0.3 is 15.2 Å². The Bertz CT molecular complexity index is 601. The van der Waals surface area contributed by atoms with E-state index >= 15 is 0 Å². The van der Waals surface area contributed by atoms with Gasteiger partial charge in [0.25, 0.3) is 0 Å². The highest BCUT2D eigenvalue weighted by atomic mass is 16.5. The third-order valence-electron chi connectivity index (χ3n) is 3.88. The molecule has 0 saturated heterocycles. The zero-order chi connectivity index (χ0) is 16.7. The van der Waals surface area contributed by atoms with E-state index in [9.17, 15) is 9.59 Å². The van der Waals surface area contributed by atoms with Crippen molar-refractivity contribution in [3.05, 3.63) is 46.3 Å². The first-order valence-electron chi connectivity index (χ1n) is 7.34. The maximum absolute atomic E-state index is 11.9. The number of hydrogen-bond acceptors (Lipinski definition) is 4. The van der Waals surface area contributed by atoms with Crippen LogP contribution in [0.5, 0.6) is 0 Å². The van der Waals surface area contributed by atoms with Gasteiger partial charge in [-0.3, -0.25) is 4.79 Å². The van der Waals surface area contributed by atoms with Crippen LogP contribution in [0.25, 0.3) is 10.4 Å². The first kappa shape index (κ1) is 16.6. The van der Waals surface area contributed by atoms with E-state index in [2.05, 4.69) is 15.3 Å². The molecule has 1 aliphatic rings. The number of hydrogen-bond donors (Lipinski definition) is 2. The van der Waals surface area contributed by atoms with Crippen LogP contribution in [0, 0.1) is 5.92 Å². The summed E-state index contributed by atoms with van der Waals surface area (Å²) < 4.78 is 5.12. The maximum atomic E-state index is 11.9. The van der Waals surface area contributed by atoms with E-state index in [4.69, 9.17) is 15.4 Å². The molecule has 1 saturated carbocycles. The third kappa shape index (κ3) is 4.89. The molecule has 122 valence electrons. The Kier molecular flexibility index (Phi) is 5.82. The molecule has 1 aromatic rings. The summed E-state index contributed by atoms with van der Waals surface area (Å²) in [5.74, 6) is -1.46. The van der Waals surface area contributed by atoms with Crippen molar-refractivity contribution in [2.45, 2.75) is 38.0 Å². The fraction of sp³-hybridized carbons (Fsp3) is 0.467. The van der Waals surface area contributed by atoms with Gasteiger partial charge in [-0.15, -0.1) is 0 Å². The first-order valence-corrected chi connectivity index (χ1v) is 7.34. The molecule has 2 rings (SSSR count). The smallest absolute Gasteiger partial charge is 0.407 e. The Hall–Kier alpha value is -2.73. The molecule has 0 spiro atoms.